The van der Waals surface area contributed by atoms with Gasteiger partial charge >= 0.3 is 0 Å². The van der Waals surface area contributed by atoms with E-state index in [1.165, 1.54) is 65.5 Å². The Balaban J connectivity index is 1.81. The van der Waals surface area contributed by atoms with Gasteiger partial charge in [0.2, 0.25) is 0 Å². The molecule has 0 heterocycles. The number of nitrogens with zero attached hydrogens (tertiary/aromatic N) is 1. The Labute approximate surface area is 146 Å². The van der Waals surface area contributed by atoms with Crippen molar-refractivity contribution in [3.8, 4) is 0 Å². The molecule has 1 aromatic rings. The number of rotatable bonds is 4. The molecule has 128 valence electrons. The van der Waals surface area contributed by atoms with Crippen molar-refractivity contribution in [1.29, 1.82) is 0 Å². The quantitative estimate of drug-likeness (QED) is 0.558. The molecule has 1 fully saturated rings. The second-order valence-electron chi connectivity index (χ2n) is 7.38. The second-order valence-corrected chi connectivity index (χ2v) is 7.38. The largest absolute Gasteiger partial charge is 0.307 e. The summed E-state index contributed by atoms with van der Waals surface area (Å²) in [6.07, 6.45) is 8.56. The molecule has 0 radical (unpaired) electrons. The molecule has 0 spiro atoms. The van der Waals surface area contributed by atoms with Crippen LogP contribution < -0.4 is 5.43 Å². The van der Waals surface area contributed by atoms with Gasteiger partial charge in [-0.05, 0) is 55.9 Å². The molecule has 24 heavy (non-hydrogen) atoms. The van der Waals surface area contributed by atoms with Crippen LogP contribution in [0.4, 0.5) is 0 Å². The minimum atomic E-state index is 0.492. The van der Waals surface area contributed by atoms with Crippen LogP contribution >= 0.6 is 0 Å². The maximum Gasteiger partial charge on any atom is 0.0546 e. The summed E-state index contributed by atoms with van der Waals surface area (Å²) in [4.78, 5) is 0. The lowest BCUT2D eigenvalue weighted by molar-refractivity contribution is 0.381. The van der Waals surface area contributed by atoms with Crippen molar-refractivity contribution in [3.05, 3.63) is 52.1 Å². The van der Waals surface area contributed by atoms with E-state index in [-0.39, 0.29) is 0 Å². The molecule has 3 rings (SSSR count). The highest BCUT2D eigenvalue weighted by molar-refractivity contribution is 5.91. The fraction of sp³-hybridized carbons (Fsp3) is 0.500. The fourth-order valence-corrected chi connectivity index (χ4v) is 4.10. The Morgan fingerprint density at radius 3 is 2.38 bits per heavy atom. The van der Waals surface area contributed by atoms with Crippen LogP contribution in [0.25, 0.3) is 5.57 Å². The molecule has 1 aromatic carbocycles. The van der Waals surface area contributed by atoms with Crippen molar-refractivity contribution >= 4 is 11.8 Å². The monoisotopic (exact) mass is 322 g/mol. The Morgan fingerprint density at radius 1 is 1.00 bits per heavy atom. The van der Waals surface area contributed by atoms with E-state index in [9.17, 15) is 0 Å². The Morgan fingerprint density at radius 2 is 1.71 bits per heavy atom. The third-order valence-corrected chi connectivity index (χ3v) is 5.96. The molecule has 2 heteroatoms. The molecule has 1 saturated carbocycles. The average Bonchev–Trinajstić information content (AvgIpc) is 2.80. The molecule has 0 amide bonds. The first-order chi connectivity index (χ1) is 11.6. The highest BCUT2D eigenvalue weighted by Crippen LogP contribution is 2.42. The van der Waals surface area contributed by atoms with Gasteiger partial charge in [-0.25, -0.2) is 0 Å². The van der Waals surface area contributed by atoms with Crippen molar-refractivity contribution in [2.24, 2.45) is 11.0 Å². The van der Waals surface area contributed by atoms with Gasteiger partial charge in [0.1, 0.15) is 0 Å². The van der Waals surface area contributed by atoms with Gasteiger partial charge in [0.15, 0.2) is 0 Å². The molecule has 0 aromatic heterocycles. The highest BCUT2D eigenvalue weighted by atomic mass is 15.3. The van der Waals surface area contributed by atoms with Crippen molar-refractivity contribution in [3.63, 3.8) is 0 Å². The molecule has 2 aliphatic rings. The molecular formula is C22H30N2. The van der Waals surface area contributed by atoms with Crippen molar-refractivity contribution < 1.29 is 0 Å². The highest BCUT2D eigenvalue weighted by Gasteiger charge is 2.25. The zero-order valence-corrected chi connectivity index (χ0v) is 15.5. The summed E-state index contributed by atoms with van der Waals surface area (Å²) < 4.78 is 0. The maximum atomic E-state index is 4.57. The zero-order valence-electron chi connectivity index (χ0n) is 15.5. The minimum absolute atomic E-state index is 0.492. The summed E-state index contributed by atoms with van der Waals surface area (Å²) in [5, 5.41) is 4.57. The summed E-state index contributed by atoms with van der Waals surface area (Å²) in [6.45, 7) is 9.08. The van der Waals surface area contributed by atoms with Gasteiger partial charge < -0.3 is 5.43 Å². The van der Waals surface area contributed by atoms with E-state index in [4.69, 9.17) is 0 Å². The summed E-state index contributed by atoms with van der Waals surface area (Å²) in [5.74, 6) is 0.492. The number of hydrogen-bond donors (Lipinski definition) is 1. The summed E-state index contributed by atoms with van der Waals surface area (Å²) >= 11 is 0. The lowest BCUT2D eigenvalue weighted by atomic mass is 9.89. The Bertz CT molecular complexity index is 688. The van der Waals surface area contributed by atoms with E-state index >= 15 is 0 Å². The van der Waals surface area contributed by atoms with Gasteiger partial charge in [-0.2, -0.15) is 5.10 Å². The summed E-state index contributed by atoms with van der Waals surface area (Å²) in [5.41, 5.74) is 11.7. The molecule has 2 aliphatic carbocycles. The first-order valence-corrected chi connectivity index (χ1v) is 9.36. The molecule has 0 saturated heterocycles. The van der Waals surface area contributed by atoms with E-state index in [1.54, 1.807) is 0 Å². The predicted octanol–water partition coefficient (Wildman–Crippen LogP) is 5.70. The van der Waals surface area contributed by atoms with Crippen LogP contribution in [0, 0.1) is 5.92 Å². The second kappa shape index (κ2) is 7.38. The van der Waals surface area contributed by atoms with Crippen molar-refractivity contribution in [2.45, 2.75) is 65.8 Å². The fourth-order valence-electron chi connectivity index (χ4n) is 4.10. The zero-order chi connectivity index (χ0) is 17.1. The van der Waals surface area contributed by atoms with Crippen molar-refractivity contribution in [1.82, 2.24) is 5.43 Å². The number of allylic oxidation sites excluding steroid dienone is 4. The third-order valence-electron chi connectivity index (χ3n) is 5.96. The van der Waals surface area contributed by atoms with E-state index in [0.717, 1.165) is 0 Å². The van der Waals surface area contributed by atoms with E-state index in [2.05, 4.69) is 62.5 Å². The smallest absolute Gasteiger partial charge is 0.0546 e. The van der Waals surface area contributed by atoms with Gasteiger partial charge in [-0.15, -0.1) is 0 Å². The van der Waals surface area contributed by atoms with Crippen molar-refractivity contribution in [2.75, 3.05) is 0 Å². The molecule has 2 nitrogen and oxygen atoms in total. The summed E-state index contributed by atoms with van der Waals surface area (Å²) in [7, 11) is 0. The maximum absolute atomic E-state index is 4.57. The minimum Gasteiger partial charge on any atom is -0.307 e. The van der Waals surface area contributed by atoms with E-state index in [0.29, 0.717) is 12.0 Å². The van der Waals surface area contributed by atoms with Crippen LogP contribution in [-0.2, 0) is 0 Å². The van der Waals surface area contributed by atoms with Gasteiger partial charge in [0.25, 0.3) is 0 Å². The number of benzene rings is 1. The van der Waals surface area contributed by atoms with Gasteiger partial charge in [0, 0.05) is 17.5 Å². The predicted molar refractivity (Wildman–Crippen MR) is 104 cm³/mol. The Kier molecular flexibility index (Phi) is 5.23. The standard InChI is InChI=1S/C22H30N2/c1-15-16(2)18(4)22(17(15)3)21-13-9-8-10-19(21)14-23-24-20-11-6-5-7-12-20/h8-10,13-14,17,20,24H,5-7,11-12H2,1-4H3. The van der Waals surface area contributed by atoms with E-state index in [1.807, 2.05) is 6.21 Å². The first kappa shape index (κ1) is 17.0. The molecular weight excluding hydrogens is 292 g/mol. The molecule has 1 unspecified atom stereocenters. The van der Waals surface area contributed by atoms with Crippen LogP contribution in [0.2, 0.25) is 0 Å². The Hall–Kier alpha value is -1.83. The molecule has 1 N–H and O–H groups in total. The first-order valence-electron chi connectivity index (χ1n) is 9.36. The van der Waals surface area contributed by atoms with Crippen LogP contribution in [-0.4, -0.2) is 12.3 Å². The van der Waals surface area contributed by atoms with Crippen LogP contribution in [0.15, 0.2) is 46.1 Å². The van der Waals surface area contributed by atoms with Gasteiger partial charge in [-0.3, -0.25) is 0 Å². The molecule has 0 bridgehead atoms. The average molecular weight is 322 g/mol. The topological polar surface area (TPSA) is 24.4 Å². The lowest BCUT2D eigenvalue weighted by Crippen LogP contribution is -2.26. The summed E-state index contributed by atoms with van der Waals surface area (Å²) in [6, 6.07) is 9.21. The molecule has 1 atom stereocenters. The number of hydrazone groups is 1. The normalized spacial score (nSPS) is 22.8. The lowest BCUT2D eigenvalue weighted by Gasteiger charge is -2.21. The van der Waals surface area contributed by atoms with Gasteiger partial charge in [0.05, 0.1) is 6.21 Å². The van der Waals surface area contributed by atoms with Crippen LogP contribution in [0.1, 0.15) is 70.9 Å². The van der Waals surface area contributed by atoms with Gasteiger partial charge in [-0.1, -0.05) is 56.0 Å². The third kappa shape index (κ3) is 3.33. The van der Waals surface area contributed by atoms with Crippen LogP contribution in [0.3, 0.4) is 0 Å². The SMILES string of the molecule is CC1=C(C)C(C)C(c2ccccc2C=NNC2CCCCC2)=C1C. The number of hydrogen-bond acceptors (Lipinski definition) is 2. The van der Waals surface area contributed by atoms with Crippen LogP contribution in [0.5, 0.6) is 0 Å². The molecule has 0 aliphatic heterocycles. The number of nitrogens with one attached hydrogen (secondary N) is 1. The van der Waals surface area contributed by atoms with E-state index < -0.39 is 0 Å².